The second kappa shape index (κ2) is 5.54. The molecular weight excluding hydrogens is 238 g/mol. The first kappa shape index (κ1) is 12.4. The normalized spacial score (nSPS) is 18.1. The molecule has 0 bridgehead atoms. The molecule has 1 aromatic rings. The Balaban J connectivity index is 2.06. The van der Waals surface area contributed by atoms with E-state index in [0.29, 0.717) is 28.8 Å². The molecule has 0 radical (unpaired) electrons. The average molecular weight is 256 g/mol. The minimum absolute atomic E-state index is 0.343. The highest BCUT2D eigenvalue weighted by atomic mass is 35.5. The maximum Gasteiger partial charge on any atom is 0.318 e. The number of hydrogen-bond acceptors (Lipinski definition) is 4. The van der Waals surface area contributed by atoms with Gasteiger partial charge in [-0.25, -0.2) is 4.98 Å². The van der Waals surface area contributed by atoms with Crippen molar-refractivity contribution < 1.29 is 4.74 Å². The Morgan fingerprint density at radius 2 is 2.18 bits per heavy atom. The highest BCUT2D eigenvalue weighted by molar-refractivity contribution is 6.32. The Hall–Kier alpha value is -1.03. The minimum atomic E-state index is 0.343. The lowest BCUT2D eigenvalue weighted by Gasteiger charge is -2.21. The summed E-state index contributed by atoms with van der Waals surface area (Å²) in [4.78, 5) is 8.18. The second-order valence-corrected chi connectivity index (χ2v) is 4.94. The number of nitrogens with zero attached hydrogens (tertiary/aromatic N) is 2. The SMILES string of the molecule is COc1ncc(Cl)c(NC(C)C2CCCC2)n1. The lowest BCUT2D eigenvalue weighted by Crippen LogP contribution is -2.24. The molecule has 1 atom stereocenters. The molecule has 0 aromatic carbocycles. The van der Waals surface area contributed by atoms with Crippen LogP contribution >= 0.6 is 11.6 Å². The highest BCUT2D eigenvalue weighted by Crippen LogP contribution is 2.30. The van der Waals surface area contributed by atoms with Crippen LogP contribution in [0.1, 0.15) is 32.6 Å². The van der Waals surface area contributed by atoms with E-state index in [1.165, 1.54) is 25.7 Å². The second-order valence-electron chi connectivity index (χ2n) is 4.53. The summed E-state index contributed by atoms with van der Waals surface area (Å²) < 4.78 is 5.00. The summed E-state index contributed by atoms with van der Waals surface area (Å²) in [5.74, 6) is 1.38. The van der Waals surface area contributed by atoms with Crippen molar-refractivity contribution in [3.63, 3.8) is 0 Å². The van der Waals surface area contributed by atoms with Gasteiger partial charge in [-0.15, -0.1) is 0 Å². The van der Waals surface area contributed by atoms with Crippen LogP contribution in [0.15, 0.2) is 6.20 Å². The number of anilines is 1. The maximum absolute atomic E-state index is 6.06. The molecule has 1 aliphatic rings. The van der Waals surface area contributed by atoms with E-state index in [0.717, 1.165) is 0 Å². The van der Waals surface area contributed by atoms with Crippen LogP contribution in [0.5, 0.6) is 6.01 Å². The van der Waals surface area contributed by atoms with Gasteiger partial charge in [0.15, 0.2) is 5.82 Å². The fourth-order valence-electron chi connectivity index (χ4n) is 2.34. The molecule has 0 saturated heterocycles. The largest absolute Gasteiger partial charge is 0.467 e. The van der Waals surface area contributed by atoms with E-state index in [9.17, 15) is 0 Å². The number of halogens is 1. The minimum Gasteiger partial charge on any atom is -0.467 e. The van der Waals surface area contributed by atoms with Gasteiger partial charge in [-0.1, -0.05) is 24.4 Å². The van der Waals surface area contributed by atoms with Gasteiger partial charge < -0.3 is 10.1 Å². The molecule has 17 heavy (non-hydrogen) atoms. The monoisotopic (exact) mass is 255 g/mol. The molecule has 1 aliphatic carbocycles. The predicted molar refractivity (Wildman–Crippen MR) is 68.6 cm³/mol. The van der Waals surface area contributed by atoms with E-state index >= 15 is 0 Å². The van der Waals surface area contributed by atoms with Crippen molar-refractivity contribution in [3.05, 3.63) is 11.2 Å². The lowest BCUT2D eigenvalue weighted by molar-refractivity contribution is 0.380. The molecule has 4 nitrogen and oxygen atoms in total. The Morgan fingerprint density at radius 1 is 1.47 bits per heavy atom. The van der Waals surface area contributed by atoms with E-state index in [-0.39, 0.29) is 0 Å². The van der Waals surface area contributed by atoms with Crippen LogP contribution in [0.2, 0.25) is 5.02 Å². The van der Waals surface area contributed by atoms with Gasteiger partial charge in [0.25, 0.3) is 0 Å². The lowest BCUT2D eigenvalue weighted by atomic mass is 10.00. The highest BCUT2D eigenvalue weighted by Gasteiger charge is 2.22. The van der Waals surface area contributed by atoms with Gasteiger partial charge in [0.1, 0.15) is 5.02 Å². The number of nitrogens with one attached hydrogen (secondary N) is 1. The molecule has 5 heteroatoms. The fourth-order valence-corrected chi connectivity index (χ4v) is 2.49. The molecule has 1 heterocycles. The molecule has 1 unspecified atom stereocenters. The third kappa shape index (κ3) is 3.00. The van der Waals surface area contributed by atoms with Crippen molar-refractivity contribution in [2.75, 3.05) is 12.4 Å². The number of ether oxygens (including phenoxy) is 1. The molecule has 0 spiro atoms. The molecule has 1 aromatic heterocycles. The molecular formula is C12H18ClN3O. The zero-order chi connectivity index (χ0) is 12.3. The average Bonchev–Trinajstić information content (AvgIpc) is 2.85. The van der Waals surface area contributed by atoms with Crippen LogP contribution in [-0.4, -0.2) is 23.1 Å². The standard InChI is InChI=1S/C12H18ClN3O/c1-8(9-5-3-4-6-9)15-11-10(13)7-14-12(16-11)17-2/h7-9H,3-6H2,1-2H3,(H,14,15,16). The maximum atomic E-state index is 6.06. The molecule has 0 aliphatic heterocycles. The number of methoxy groups -OCH3 is 1. The van der Waals surface area contributed by atoms with Crippen LogP contribution in [-0.2, 0) is 0 Å². The molecule has 1 saturated carbocycles. The van der Waals surface area contributed by atoms with Crippen LogP contribution in [0.4, 0.5) is 5.82 Å². The molecule has 1 N–H and O–H groups in total. The first-order valence-electron chi connectivity index (χ1n) is 6.03. The van der Waals surface area contributed by atoms with E-state index in [1.807, 2.05) is 0 Å². The molecule has 0 amide bonds. The summed E-state index contributed by atoms with van der Waals surface area (Å²) in [6, 6.07) is 0.727. The van der Waals surface area contributed by atoms with Crippen LogP contribution in [0, 0.1) is 5.92 Å². The predicted octanol–water partition coefficient (Wildman–Crippen LogP) is 3.13. The Morgan fingerprint density at radius 3 is 2.82 bits per heavy atom. The van der Waals surface area contributed by atoms with Gasteiger partial charge in [0.05, 0.1) is 13.3 Å². The van der Waals surface area contributed by atoms with Gasteiger partial charge in [-0.2, -0.15) is 4.98 Å². The smallest absolute Gasteiger partial charge is 0.318 e. The zero-order valence-corrected chi connectivity index (χ0v) is 11.0. The zero-order valence-electron chi connectivity index (χ0n) is 10.2. The molecule has 1 fully saturated rings. The molecule has 94 valence electrons. The topological polar surface area (TPSA) is 47.0 Å². The van der Waals surface area contributed by atoms with Crippen molar-refractivity contribution in [2.24, 2.45) is 5.92 Å². The van der Waals surface area contributed by atoms with Crippen LogP contribution in [0.3, 0.4) is 0 Å². The Labute approximate surface area is 107 Å². The van der Waals surface area contributed by atoms with E-state index in [2.05, 4.69) is 22.2 Å². The number of hydrogen-bond donors (Lipinski definition) is 1. The first-order valence-corrected chi connectivity index (χ1v) is 6.41. The van der Waals surface area contributed by atoms with Gasteiger partial charge in [-0.05, 0) is 25.7 Å². The quantitative estimate of drug-likeness (QED) is 0.898. The van der Waals surface area contributed by atoms with Crippen molar-refractivity contribution in [1.82, 2.24) is 9.97 Å². The van der Waals surface area contributed by atoms with Crippen molar-refractivity contribution in [2.45, 2.75) is 38.6 Å². The van der Waals surface area contributed by atoms with Gasteiger partial charge in [0.2, 0.25) is 0 Å². The van der Waals surface area contributed by atoms with Gasteiger partial charge in [0, 0.05) is 6.04 Å². The summed E-state index contributed by atoms with van der Waals surface area (Å²) in [5.41, 5.74) is 0. The van der Waals surface area contributed by atoms with Crippen molar-refractivity contribution in [3.8, 4) is 6.01 Å². The van der Waals surface area contributed by atoms with Crippen molar-refractivity contribution >= 4 is 17.4 Å². The van der Waals surface area contributed by atoms with Crippen molar-refractivity contribution in [1.29, 1.82) is 0 Å². The summed E-state index contributed by atoms with van der Waals surface area (Å²) >= 11 is 6.06. The Bertz CT molecular complexity index is 380. The molecule has 2 rings (SSSR count). The number of aromatic nitrogens is 2. The summed E-state index contributed by atoms with van der Waals surface area (Å²) in [6.07, 6.45) is 6.80. The third-order valence-electron chi connectivity index (χ3n) is 3.38. The van der Waals surface area contributed by atoms with Gasteiger partial charge >= 0.3 is 6.01 Å². The van der Waals surface area contributed by atoms with Gasteiger partial charge in [-0.3, -0.25) is 0 Å². The van der Waals surface area contributed by atoms with E-state index in [4.69, 9.17) is 16.3 Å². The number of rotatable bonds is 4. The summed E-state index contributed by atoms with van der Waals surface area (Å²) in [7, 11) is 1.55. The first-order chi connectivity index (χ1) is 8.20. The third-order valence-corrected chi connectivity index (χ3v) is 3.65. The Kier molecular flexibility index (Phi) is 4.05. The van der Waals surface area contributed by atoms with E-state index < -0.39 is 0 Å². The fraction of sp³-hybridized carbons (Fsp3) is 0.667. The summed E-state index contributed by atoms with van der Waals surface area (Å²) in [6.45, 7) is 2.18. The van der Waals surface area contributed by atoms with E-state index in [1.54, 1.807) is 13.3 Å². The van der Waals surface area contributed by atoms with Crippen LogP contribution < -0.4 is 10.1 Å². The van der Waals surface area contributed by atoms with Crippen LogP contribution in [0.25, 0.3) is 0 Å². The summed E-state index contributed by atoms with van der Waals surface area (Å²) in [5, 5.41) is 3.90.